The summed E-state index contributed by atoms with van der Waals surface area (Å²) in [5, 5.41) is 12.7. The lowest BCUT2D eigenvalue weighted by Gasteiger charge is -2.20. The first-order chi connectivity index (χ1) is 13.9. The van der Waals surface area contributed by atoms with Crippen LogP contribution in [0.1, 0.15) is 39.2 Å². The third kappa shape index (κ3) is 6.06. The number of nitrogens with zero attached hydrogens (tertiary/aromatic N) is 4. The predicted molar refractivity (Wildman–Crippen MR) is 119 cm³/mol. The van der Waals surface area contributed by atoms with E-state index in [4.69, 9.17) is 0 Å². The third-order valence-electron chi connectivity index (χ3n) is 5.08. The van der Waals surface area contributed by atoms with Crippen molar-refractivity contribution in [2.24, 2.45) is 0 Å². The fraction of sp³-hybridized carbons (Fsp3) is 0.500. The number of benzene rings is 1. The summed E-state index contributed by atoms with van der Waals surface area (Å²) in [6.07, 6.45) is 2.03. The van der Waals surface area contributed by atoms with E-state index in [0.29, 0.717) is 11.6 Å². The second-order valence-electron chi connectivity index (χ2n) is 7.41. The van der Waals surface area contributed by atoms with E-state index in [2.05, 4.69) is 41.0 Å². The number of hydrogen-bond acceptors (Lipinski definition) is 6. The molecule has 2 rings (SSSR count). The second-order valence-corrected chi connectivity index (χ2v) is 7.41. The minimum absolute atomic E-state index is 0.0299. The van der Waals surface area contributed by atoms with Crippen molar-refractivity contribution in [3.05, 3.63) is 40.2 Å². The van der Waals surface area contributed by atoms with Crippen LogP contribution in [0.3, 0.4) is 0 Å². The zero-order chi connectivity index (χ0) is 21.4. The average molecular weight is 397 g/mol. The maximum absolute atomic E-state index is 12.4. The summed E-state index contributed by atoms with van der Waals surface area (Å²) in [5.41, 5.74) is 1.79. The molecule has 0 saturated carbocycles. The highest BCUT2D eigenvalue weighted by Crippen LogP contribution is 2.23. The molecule has 0 radical (unpaired) electrons. The summed E-state index contributed by atoms with van der Waals surface area (Å²) in [4.78, 5) is 24.1. The molecule has 0 bridgehead atoms. The van der Waals surface area contributed by atoms with E-state index in [0.717, 1.165) is 43.7 Å². The van der Waals surface area contributed by atoms with Gasteiger partial charge < -0.3 is 15.1 Å². The SMILES string of the molecule is CCN(CC)CCCC(C)Nc1nc(-c2ccc(N(C)C)cc2)c(C#N)c(=O)[nH]1. The number of H-pyrrole nitrogens is 1. The number of anilines is 2. The van der Waals surface area contributed by atoms with Crippen molar-refractivity contribution in [2.45, 2.75) is 39.7 Å². The van der Waals surface area contributed by atoms with E-state index < -0.39 is 5.56 Å². The molecular weight excluding hydrogens is 364 g/mol. The van der Waals surface area contributed by atoms with E-state index in [1.807, 2.05) is 49.3 Å². The molecule has 0 aliphatic heterocycles. The van der Waals surface area contributed by atoms with Crippen LogP contribution in [0.25, 0.3) is 11.3 Å². The fourth-order valence-corrected chi connectivity index (χ4v) is 3.24. The van der Waals surface area contributed by atoms with E-state index in [-0.39, 0.29) is 11.6 Å². The van der Waals surface area contributed by atoms with Gasteiger partial charge in [0.1, 0.15) is 11.6 Å². The normalized spacial score (nSPS) is 11.9. The highest BCUT2D eigenvalue weighted by atomic mass is 16.1. The van der Waals surface area contributed by atoms with Crippen molar-refractivity contribution in [1.29, 1.82) is 5.26 Å². The summed E-state index contributed by atoms with van der Waals surface area (Å²) >= 11 is 0. The van der Waals surface area contributed by atoms with E-state index in [1.54, 1.807) is 0 Å². The highest BCUT2D eigenvalue weighted by molar-refractivity contribution is 5.69. The molecule has 1 unspecified atom stereocenters. The van der Waals surface area contributed by atoms with Gasteiger partial charge in [-0.1, -0.05) is 26.0 Å². The lowest BCUT2D eigenvalue weighted by molar-refractivity contribution is 0.295. The molecule has 1 aromatic carbocycles. The van der Waals surface area contributed by atoms with Gasteiger partial charge in [0.15, 0.2) is 0 Å². The van der Waals surface area contributed by atoms with Gasteiger partial charge in [-0.15, -0.1) is 0 Å². The summed E-state index contributed by atoms with van der Waals surface area (Å²) in [6, 6.07) is 9.81. The van der Waals surface area contributed by atoms with Gasteiger partial charge in [-0.05, 0) is 51.5 Å². The maximum Gasteiger partial charge on any atom is 0.270 e. The third-order valence-corrected chi connectivity index (χ3v) is 5.08. The van der Waals surface area contributed by atoms with Crippen LogP contribution in [0.2, 0.25) is 0 Å². The molecule has 0 fully saturated rings. The van der Waals surface area contributed by atoms with Crippen LogP contribution in [0.5, 0.6) is 0 Å². The van der Waals surface area contributed by atoms with Crippen LogP contribution in [0, 0.1) is 11.3 Å². The Bertz CT molecular complexity index is 878. The van der Waals surface area contributed by atoms with Crippen LogP contribution in [0.4, 0.5) is 11.6 Å². The Balaban J connectivity index is 2.18. The van der Waals surface area contributed by atoms with Crippen LogP contribution >= 0.6 is 0 Å². The number of aromatic amines is 1. The zero-order valence-corrected chi connectivity index (χ0v) is 18.1. The summed E-state index contributed by atoms with van der Waals surface area (Å²) < 4.78 is 0. The van der Waals surface area contributed by atoms with E-state index in [9.17, 15) is 10.1 Å². The van der Waals surface area contributed by atoms with Crippen molar-refractivity contribution in [3.8, 4) is 17.3 Å². The first-order valence-corrected chi connectivity index (χ1v) is 10.2. The molecule has 1 atom stereocenters. The Morgan fingerprint density at radius 3 is 2.41 bits per heavy atom. The molecule has 0 saturated heterocycles. The van der Waals surface area contributed by atoms with Crippen LogP contribution in [-0.2, 0) is 0 Å². The zero-order valence-electron chi connectivity index (χ0n) is 18.1. The molecule has 0 aliphatic carbocycles. The lowest BCUT2D eigenvalue weighted by Crippen LogP contribution is -2.26. The molecule has 0 amide bonds. The van der Waals surface area contributed by atoms with Gasteiger partial charge in [-0.2, -0.15) is 5.26 Å². The van der Waals surface area contributed by atoms with Crippen LogP contribution in [-0.4, -0.2) is 54.6 Å². The summed E-state index contributed by atoms with van der Waals surface area (Å²) in [6.45, 7) is 9.58. The molecule has 7 nitrogen and oxygen atoms in total. The quantitative estimate of drug-likeness (QED) is 0.641. The predicted octanol–water partition coefficient (Wildman–Crippen LogP) is 3.30. The van der Waals surface area contributed by atoms with Gasteiger partial charge in [-0.25, -0.2) is 4.98 Å². The molecule has 0 aliphatic rings. The van der Waals surface area contributed by atoms with E-state index in [1.165, 1.54) is 0 Å². The molecule has 2 aromatic rings. The van der Waals surface area contributed by atoms with Gasteiger partial charge in [0.05, 0.1) is 5.69 Å². The van der Waals surface area contributed by atoms with Gasteiger partial charge in [0.2, 0.25) is 5.95 Å². The van der Waals surface area contributed by atoms with Crippen molar-refractivity contribution in [3.63, 3.8) is 0 Å². The highest BCUT2D eigenvalue weighted by Gasteiger charge is 2.15. The van der Waals surface area contributed by atoms with Gasteiger partial charge >= 0.3 is 0 Å². The average Bonchev–Trinajstić information content (AvgIpc) is 2.71. The number of nitriles is 1. The number of rotatable bonds is 10. The van der Waals surface area contributed by atoms with Crippen molar-refractivity contribution in [2.75, 3.05) is 43.9 Å². The molecule has 1 heterocycles. The minimum atomic E-state index is -0.424. The molecule has 2 N–H and O–H groups in total. The molecule has 0 spiro atoms. The van der Waals surface area contributed by atoms with Gasteiger partial charge in [0, 0.05) is 31.4 Å². The Hall–Kier alpha value is -2.85. The number of aromatic nitrogens is 2. The molecule has 7 heteroatoms. The minimum Gasteiger partial charge on any atom is -0.378 e. The van der Waals surface area contributed by atoms with Crippen molar-refractivity contribution in [1.82, 2.24) is 14.9 Å². The Labute approximate surface area is 173 Å². The molecule has 1 aromatic heterocycles. The molecular formula is C22H32N6O. The maximum atomic E-state index is 12.4. The van der Waals surface area contributed by atoms with Crippen molar-refractivity contribution >= 4 is 11.6 Å². The molecule has 156 valence electrons. The standard InChI is InChI=1S/C22H32N6O/c1-6-28(7-2)14-8-9-16(3)24-22-25-20(19(15-23)21(29)26-22)17-10-12-18(13-11-17)27(4)5/h10-13,16H,6-9,14H2,1-5H3,(H2,24,25,26,29). The monoisotopic (exact) mass is 396 g/mol. The van der Waals surface area contributed by atoms with Crippen molar-refractivity contribution < 1.29 is 0 Å². The number of nitrogens with one attached hydrogen (secondary N) is 2. The largest absolute Gasteiger partial charge is 0.378 e. The number of hydrogen-bond donors (Lipinski definition) is 2. The Morgan fingerprint density at radius 2 is 1.86 bits per heavy atom. The lowest BCUT2D eigenvalue weighted by atomic mass is 10.1. The van der Waals surface area contributed by atoms with Crippen LogP contribution < -0.4 is 15.8 Å². The smallest absolute Gasteiger partial charge is 0.270 e. The van der Waals surface area contributed by atoms with Crippen LogP contribution in [0.15, 0.2) is 29.1 Å². The Morgan fingerprint density at radius 1 is 1.21 bits per heavy atom. The second kappa shape index (κ2) is 10.6. The summed E-state index contributed by atoms with van der Waals surface area (Å²) in [5.74, 6) is 0.399. The first kappa shape index (κ1) is 22.4. The summed E-state index contributed by atoms with van der Waals surface area (Å²) in [7, 11) is 3.93. The van der Waals surface area contributed by atoms with Gasteiger partial charge in [0.25, 0.3) is 5.56 Å². The fourth-order valence-electron chi connectivity index (χ4n) is 3.24. The topological polar surface area (TPSA) is 88.0 Å². The first-order valence-electron chi connectivity index (χ1n) is 10.2. The van der Waals surface area contributed by atoms with E-state index >= 15 is 0 Å². The van der Waals surface area contributed by atoms with Gasteiger partial charge in [-0.3, -0.25) is 9.78 Å². The molecule has 29 heavy (non-hydrogen) atoms. The Kier molecular flexibility index (Phi) is 8.22.